The summed E-state index contributed by atoms with van der Waals surface area (Å²) in [6.07, 6.45) is 2.50. The largest absolute Gasteiger partial charge is 0.490 e. The van der Waals surface area contributed by atoms with Crippen LogP contribution in [0.4, 0.5) is 11.4 Å². The van der Waals surface area contributed by atoms with Gasteiger partial charge in [0.2, 0.25) is 5.91 Å². The fourth-order valence-electron chi connectivity index (χ4n) is 2.47. The van der Waals surface area contributed by atoms with Crippen LogP contribution in [0.3, 0.4) is 0 Å². The number of carbonyl (C=O) groups is 2. The van der Waals surface area contributed by atoms with Crippen molar-refractivity contribution in [3.05, 3.63) is 17.7 Å². The summed E-state index contributed by atoms with van der Waals surface area (Å²) in [5, 5.41) is 15.3. The minimum atomic E-state index is -1.12. The third-order valence-corrected chi connectivity index (χ3v) is 3.48. The highest BCUT2D eigenvalue weighted by atomic mass is 16.5. The van der Waals surface area contributed by atoms with Crippen molar-refractivity contribution in [1.82, 2.24) is 0 Å². The maximum Gasteiger partial charge on any atom is 0.341 e. The second-order valence-corrected chi connectivity index (χ2v) is 5.66. The highest BCUT2D eigenvalue weighted by Crippen LogP contribution is 2.37. The molecule has 1 atom stereocenters. The zero-order valence-corrected chi connectivity index (χ0v) is 13.1. The lowest BCUT2D eigenvalue weighted by Gasteiger charge is -2.28. The quantitative estimate of drug-likeness (QED) is 0.751. The highest BCUT2D eigenvalue weighted by Gasteiger charge is 2.30. The van der Waals surface area contributed by atoms with Crippen LogP contribution in [0.25, 0.3) is 0 Å². The van der Waals surface area contributed by atoms with Crippen molar-refractivity contribution >= 4 is 23.3 Å². The SMILES string of the molecule is CCCCC1Nc2ccc(OC(C)C)c(C(=O)O)c2NC1=O. The lowest BCUT2D eigenvalue weighted by atomic mass is 10.0. The van der Waals surface area contributed by atoms with Crippen molar-refractivity contribution in [2.75, 3.05) is 10.6 Å². The molecule has 1 aliphatic heterocycles. The van der Waals surface area contributed by atoms with Gasteiger partial charge in [-0.15, -0.1) is 0 Å². The standard InChI is InChI=1S/C16H22N2O4/c1-4-5-6-11-15(19)18-14-10(17-11)7-8-12(22-9(2)3)13(14)16(20)21/h7-9,11,17H,4-6H2,1-3H3,(H,18,19)(H,20,21). The Morgan fingerprint density at radius 3 is 2.73 bits per heavy atom. The maximum atomic E-state index is 12.2. The average Bonchev–Trinajstić information content (AvgIpc) is 2.44. The first kappa shape index (κ1) is 16.1. The van der Waals surface area contributed by atoms with E-state index in [9.17, 15) is 14.7 Å². The van der Waals surface area contributed by atoms with Crippen molar-refractivity contribution in [3.8, 4) is 5.75 Å². The van der Waals surface area contributed by atoms with Crippen molar-refractivity contribution in [1.29, 1.82) is 0 Å². The summed E-state index contributed by atoms with van der Waals surface area (Å²) in [6.45, 7) is 5.71. The topological polar surface area (TPSA) is 87.7 Å². The zero-order valence-electron chi connectivity index (χ0n) is 13.1. The van der Waals surface area contributed by atoms with Gasteiger partial charge in [-0.1, -0.05) is 19.8 Å². The molecule has 0 fully saturated rings. The molecule has 0 saturated carbocycles. The Morgan fingerprint density at radius 2 is 2.14 bits per heavy atom. The number of aromatic carboxylic acids is 1. The van der Waals surface area contributed by atoms with Crippen LogP contribution in [0.1, 0.15) is 50.4 Å². The van der Waals surface area contributed by atoms with Crippen molar-refractivity contribution in [2.45, 2.75) is 52.2 Å². The molecule has 0 aliphatic carbocycles. The number of rotatable bonds is 6. The van der Waals surface area contributed by atoms with Crippen LogP contribution in [-0.4, -0.2) is 29.1 Å². The fraction of sp³-hybridized carbons (Fsp3) is 0.500. The Kier molecular flexibility index (Phi) is 4.90. The Labute approximate surface area is 129 Å². The van der Waals surface area contributed by atoms with Crippen LogP contribution in [0.2, 0.25) is 0 Å². The molecule has 0 saturated heterocycles. The van der Waals surface area contributed by atoms with Crippen LogP contribution in [0, 0.1) is 0 Å². The molecule has 120 valence electrons. The molecule has 6 heteroatoms. The lowest BCUT2D eigenvalue weighted by molar-refractivity contribution is -0.117. The number of hydrogen-bond donors (Lipinski definition) is 3. The number of amides is 1. The number of ether oxygens (including phenoxy) is 1. The number of hydrogen-bond acceptors (Lipinski definition) is 4. The van der Waals surface area contributed by atoms with Gasteiger partial charge in [0.25, 0.3) is 0 Å². The summed E-state index contributed by atoms with van der Waals surface area (Å²) in [4.78, 5) is 23.7. The lowest BCUT2D eigenvalue weighted by Crippen LogP contribution is -2.39. The first-order valence-electron chi connectivity index (χ1n) is 7.58. The molecule has 22 heavy (non-hydrogen) atoms. The predicted octanol–water partition coefficient (Wildman–Crippen LogP) is 3.09. The first-order valence-corrected chi connectivity index (χ1v) is 7.58. The number of carboxylic acid groups (broad SMARTS) is 1. The van der Waals surface area contributed by atoms with Crippen molar-refractivity contribution in [3.63, 3.8) is 0 Å². The summed E-state index contributed by atoms with van der Waals surface area (Å²) in [5.41, 5.74) is 0.888. The van der Waals surface area contributed by atoms with E-state index in [0.717, 1.165) is 12.8 Å². The molecule has 3 N–H and O–H groups in total. The molecule has 1 aromatic rings. The Bertz CT molecular complexity index is 584. The van der Waals surface area contributed by atoms with Gasteiger partial charge < -0.3 is 20.5 Å². The number of fused-ring (bicyclic) bond motifs is 1. The normalized spacial score (nSPS) is 16.7. The van der Waals surface area contributed by atoms with Crippen LogP contribution in [0.15, 0.2) is 12.1 Å². The van der Waals surface area contributed by atoms with Crippen LogP contribution >= 0.6 is 0 Å². The number of nitrogens with one attached hydrogen (secondary N) is 2. The van der Waals surface area contributed by atoms with E-state index in [2.05, 4.69) is 17.6 Å². The molecule has 0 spiro atoms. The summed E-state index contributed by atoms with van der Waals surface area (Å²) in [7, 11) is 0. The van der Waals surface area contributed by atoms with Crippen LogP contribution < -0.4 is 15.4 Å². The van der Waals surface area contributed by atoms with Crippen LogP contribution in [-0.2, 0) is 4.79 Å². The third kappa shape index (κ3) is 3.32. The summed E-state index contributed by atoms with van der Waals surface area (Å²) >= 11 is 0. The Hall–Kier alpha value is -2.24. The second-order valence-electron chi connectivity index (χ2n) is 5.66. The number of benzene rings is 1. The molecule has 1 aromatic carbocycles. The van der Waals surface area contributed by atoms with E-state index in [0.29, 0.717) is 12.1 Å². The van der Waals surface area contributed by atoms with Gasteiger partial charge in [-0.25, -0.2) is 4.79 Å². The van der Waals surface area contributed by atoms with Gasteiger partial charge >= 0.3 is 5.97 Å². The zero-order chi connectivity index (χ0) is 16.3. The summed E-state index contributed by atoms with van der Waals surface area (Å²) in [6, 6.07) is 3.05. The van der Waals surface area contributed by atoms with E-state index < -0.39 is 5.97 Å². The number of carbonyl (C=O) groups excluding carboxylic acids is 1. The van der Waals surface area contributed by atoms with Gasteiger partial charge in [0, 0.05) is 0 Å². The first-order chi connectivity index (χ1) is 10.4. The molecular weight excluding hydrogens is 284 g/mol. The number of anilines is 2. The van der Waals surface area contributed by atoms with Gasteiger partial charge in [-0.2, -0.15) is 0 Å². The highest BCUT2D eigenvalue weighted by molar-refractivity contribution is 6.10. The van der Waals surface area contributed by atoms with E-state index in [1.807, 2.05) is 13.8 Å². The smallest absolute Gasteiger partial charge is 0.341 e. The van der Waals surface area contributed by atoms with Crippen LogP contribution in [0.5, 0.6) is 5.75 Å². The Balaban J connectivity index is 2.37. The van der Waals surface area contributed by atoms with Gasteiger partial charge in [0.1, 0.15) is 17.4 Å². The average molecular weight is 306 g/mol. The minimum Gasteiger partial charge on any atom is -0.490 e. The van der Waals surface area contributed by atoms with Crippen molar-refractivity contribution in [2.24, 2.45) is 0 Å². The van der Waals surface area contributed by atoms with Gasteiger partial charge in [-0.05, 0) is 32.4 Å². The molecule has 0 bridgehead atoms. The van der Waals surface area contributed by atoms with Gasteiger partial charge in [-0.3, -0.25) is 4.79 Å². The van der Waals surface area contributed by atoms with E-state index in [-0.39, 0.29) is 35.1 Å². The molecule has 1 unspecified atom stereocenters. The van der Waals surface area contributed by atoms with E-state index in [4.69, 9.17) is 4.74 Å². The van der Waals surface area contributed by atoms with Crippen molar-refractivity contribution < 1.29 is 19.4 Å². The van der Waals surface area contributed by atoms with Gasteiger partial charge in [0.05, 0.1) is 17.5 Å². The van der Waals surface area contributed by atoms with Gasteiger partial charge in [0.15, 0.2) is 0 Å². The molecule has 6 nitrogen and oxygen atoms in total. The number of carboxylic acids is 1. The summed E-state index contributed by atoms with van der Waals surface area (Å²) in [5.74, 6) is -1.07. The predicted molar refractivity (Wildman–Crippen MR) is 84.7 cm³/mol. The minimum absolute atomic E-state index is 0.0130. The fourth-order valence-corrected chi connectivity index (χ4v) is 2.47. The summed E-state index contributed by atoms with van der Waals surface area (Å²) < 4.78 is 5.54. The molecule has 1 heterocycles. The molecular formula is C16H22N2O4. The van der Waals surface area contributed by atoms with E-state index in [1.165, 1.54) is 0 Å². The Morgan fingerprint density at radius 1 is 1.41 bits per heavy atom. The second kappa shape index (κ2) is 6.68. The molecule has 1 aliphatic rings. The molecule has 1 amide bonds. The molecule has 0 aromatic heterocycles. The molecule has 0 radical (unpaired) electrons. The number of unbranched alkanes of at least 4 members (excludes halogenated alkanes) is 1. The van der Waals surface area contributed by atoms with E-state index in [1.54, 1.807) is 12.1 Å². The third-order valence-electron chi connectivity index (χ3n) is 3.48. The molecule has 2 rings (SSSR count). The van der Waals surface area contributed by atoms with E-state index >= 15 is 0 Å². The maximum absolute atomic E-state index is 12.2. The monoisotopic (exact) mass is 306 g/mol.